The Morgan fingerprint density at radius 2 is 1.42 bits per heavy atom. The molecule has 0 atom stereocenters. The summed E-state index contributed by atoms with van der Waals surface area (Å²) in [4.78, 5) is 33.9. The molecule has 0 bridgehead atoms. The molecule has 0 fully saturated rings. The van der Waals surface area contributed by atoms with Gasteiger partial charge in [0, 0.05) is 5.56 Å². The summed E-state index contributed by atoms with van der Waals surface area (Å²) >= 11 is 0. The lowest BCUT2D eigenvalue weighted by atomic mass is 9.86. The largest absolute Gasteiger partial charge is 0.511 e. The zero-order valence-corrected chi connectivity index (χ0v) is 14.5. The van der Waals surface area contributed by atoms with Gasteiger partial charge in [-0.3, -0.25) is 0 Å². The van der Waals surface area contributed by atoms with Gasteiger partial charge in [0.2, 0.25) is 0 Å². The van der Waals surface area contributed by atoms with Crippen molar-refractivity contribution in [3.05, 3.63) is 59.2 Å². The minimum Gasteiger partial charge on any atom is -0.478 e. The average molecular weight is 358 g/mol. The second-order valence-corrected chi connectivity index (χ2v) is 6.55. The highest BCUT2D eigenvalue weighted by Crippen LogP contribution is 2.35. The normalized spacial score (nSPS) is 10.9. The fourth-order valence-corrected chi connectivity index (χ4v) is 2.26. The van der Waals surface area contributed by atoms with Gasteiger partial charge in [-0.05, 0) is 47.9 Å². The van der Waals surface area contributed by atoms with Crippen molar-refractivity contribution in [2.24, 2.45) is 0 Å². The molecule has 7 nitrogen and oxygen atoms in total. The van der Waals surface area contributed by atoms with Crippen molar-refractivity contribution in [2.75, 3.05) is 0 Å². The lowest BCUT2D eigenvalue weighted by Gasteiger charge is -2.22. The van der Waals surface area contributed by atoms with Crippen LogP contribution in [0.3, 0.4) is 0 Å². The van der Waals surface area contributed by atoms with Gasteiger partial charge in [0.05, 0.1) is 11.1 Å². The Labute approximate surface area is 149 Å². The molecule has 2 N–H and O–H groups in total. The Bertz CT molecular complexity index is 845. The number of hydrogen-bond donors (Lipinski definition) is 2. The molecule has 0 spiro atoms. The summed E-state index contributed by atoms with van der Waals surface area (Å²) in [6.45, 7) is 5.64. The summed E-state index contributed by atoms with van der Waals surface area (Å²) < 4.78 is 10.1. The van der Waals surface area contributed by atoms with Gasteiger partial charge >= 0.3 is 18.1 Å². The van der Waals surface area contributed by atoms with Crippen molar-refractivity contribution in [1.82, 2.24) is 0 Å². The number of hydrogen-bond acceptors (Lipinski definition) is 5. The quantitative estimate of drug-likeness (QED) is 0.483. The SMILES string of the molecule is CC(C)(C)c1cc(OC(=O)O)ccc1OC(=O)c1ccc(C(=O)O)cc1. The predicted octanol–water partition coefficient (Wildman–Crippen LogP) is 3.96. The van der Waals surface area contributed by atoms with Crippen LogP contribution in [-0.4, -0.2) is 28.3 Å². The molecular formula is C19H18O7. The van der Waals surface area contributed by atoms with E-state index in [1.165, 1.54) is 42.5 Å². The molecule has 2 aromatic carbocycles. The molecule has 7 heteroatoms. The zero-order chi connectivity index (χ0) is 19.5. The molecule has 0 heterocycles. The number of carboxylic acids is 1. The third kappa shape index (κ3) is 4.60. The Kier molecular flexibility index (Phi) is 5.30. The fraction of sp³-hybridized carbons (Fsp3) is 0.211. The molecular weight excluding hydrogens is 340 g/mol. The van der Waals surface area contributed by atoms with E-state index in [1.54, 1.807) is 0 Å². The maximum Gasteiger partial charge on any atom is 0.511 e. The van der Waals surface area contributed by atoms with Crippen LogP contribution in [0.5, 0.6) is 11.5 Å². The van der Waals surface area contributed by atoms with Crippen LogP contribution >= 0.6 is 0 Å². The van der Waals surface area contributed by atoms with Crippen LogP contribution in [0.4, 0.5) is 4.79 Å². The number of rotatable bonds is 4. The Hall–Kier alpha value is -3.35. The molecule has 0 radical (unpaired) electrons. The minimum absolute atomic E-state index is 0.0621. The first-order valence-corrected chi connectivity index (χ1v) is 7.69. The Morgan fingerprint density at radius 3 is 1.92 bits per heavy atom. The third-order valence-corrected chi connectivity index (χ3v) is 3.53. The summed E-state index contributed by atoms with van der Waals surface area (Å²) in [5.74, 6) is -1.36. The van der Waals surface area contributed by atoms with E-state index in [0.29, 0.717) is 5.56 Å². The molecule has 0 aromatic heterocycles. The first kappa shape index (κ1) is 19.0. The maximum atomic E-state index is 12.3. The molecule has 0 aliphatic rings. The predicted molar refractivity (Wildman–Crippen MR) is 92.2 cm³/mol. The average Bonchev–Trinajstić information content (AvgIpc) is 2.54. The standard InChI is InChI=1S/C19H18O7/c1-19(2,3)14-10-13(25-18(23)24)8-9-15(14)26-17(22)12-6-4-11(5-7-12)16(20)21/h4-10H,1-3H3,(H,20,21)(H,23,24). The molecule has 136 valence electrons. The van der Waals surface area contributed by atoms with E-state index >= 15 is 0 Å². The van der Waals surface area contributed by atoms with Crippen molar-refractivity contribution in [2.45, 2.75) is 26.2 Å². The highest BCUT2D eigenvalue weighted by molar-refractivity contribution is 5.93. The third-order valence-electron chi connectivity index (χ3n) is 3.53. The number of ether oxygens (including phenoxy) is 2. The number of aromatic carboxylic acids is 1. The van der Waals surface area contributed by atoms with Crippen molar-refractivity contribution in [3.63, 3.8) is 0 Å². The van der Waals surface area contributed by atoms with Gasteiger partial charge in [-0.1, -0.05) is 20.8 Å². The van der Waals surface area contributed by atoms with E-state index in [2.05, 4.69) is 4.74 Å². The molecule has 0 saturated carbocycles. The van der Waals surface area contributed by atoms with Crippen LogP contribution in [0.15, 0.2) is 42.5 Å². The van der Waals surface area contributed by atoms with Crippen molar-refractivity contribution >= 4 is 18.1 Å². The van der Waals surface area contributed by atoms with Crippen LogP contribution in [0.25, 0.3) is 0 Å². The highest BCUT2D eigenvalue weighted by Gasteiger charge is 2.22. The highest BCUT2D eigenvalue weighted by atomic mass is 16.7. The molecule has 26 heavy (non-hydrogen) atoms. The van der Waals surface area contributed by atoms with Crippen molar-refractivity contribution < 1.29 is 34.1 Å². The van der Waals surface area contributed by atoms with E-state index in [-0.39, 0.29) is 22.6 Å². The number of carbonyl (C=O) groups excluding carboxylic acids is 1. The van der Waals surface area contributed by atoms with Gasteiger partial charge in [0.1, 0.15) is 11.5 Å². The molecule has 0 unspecified atom stereocenters. The van der Waals surface area contributed by atoms with Crippen molar-refractivity contribution in [1.29, 1.82) is 0 Å². The molecule has 2 rings (SSSR count). The smallest absolute Gasteiger partial charge is 0.478 e. The summed E-state index contributed by atoms with van der Waals surface area (Å²) in [5.41, 5.74) is 0.403. The number of carboxylic acid groups (broad SMARTS) is 2. The van der Waals surface area contributed by atoms with Gasteiger partial charge in [-0.15, -0.1) is 0 Å². The van der Waals surface area contributed by atoms with Gasteiger partial charge in [0.15, 0.2) is 0 Å². The minimum atomic E-state index is -1.44. The van der Waals surface area contributed by atoms with Gasteiger partial charge in [-0.25, -0.2) is 14.4 Å². The first-order chi connectivity index (χ1) is 12.1. The van der Waals surface area contributed by atoms with Crippen molar-refractivity contribution in [3.8, 4) is 11.5 Å². The van der Waals surface area contributed by atoms with Gasteiger partial charge < -0.3 is 19.7 Å². The van der Waals surface area contributed by atoms with Gasteiger partial charge in [0.25, 0.3) is 0 Å². The maximum absolute atomic E-state index is 12.3. The lowest BCUT2D eigenvalue weighted by Crippen LogP contribution is -2.17. The zero-order valence-electron chi connectivity index (χ0n) is 14.5. The van der Waals surface area contributed by atoms with E-state index in [1.807, 2.05) is 20.8 Å². The second kappa shape index (κ2) is 7.26. The van der Waals surface area contributed by atoms with E-state index < -0.39 is 23.5 Å². The molecule has 0 aliphatic heterocycles. The van der Waals surface area contributed by atoms with E-state index in [0.717, 1.165) is 0 Å². The number of benzene rings is 2. The summed E-state index contributed by atoms with van der Waals surface area (Å²) in [6.07, 6.45) is -1.44. The van der Waals surface area contributed by atoms with Crippen LogP contribution in [0, 0.1) is 0 Å². The lowest BCUT2D eigenvalue weighted by molar-refractivity contribution is 0.0691. The first-order valence-electron chi connectivity index (χ1n) is 7.69. The van der Waals surface area contributed by atoms with Gasteiger partial charge in [-0.2, -0.15) is 0 Å². The fourth-order valence-electron chi connectivity index (χ4n) is 2.26. The second-order valence-electron chi connectivity index (χ2n) is 6.55. The summed E-state index contributed by atoms with van der Waals surface area (Å²) in [7, 11) is 0. The Balaban J connectivity index is 2.31. The number of esters is 1. The summed E-state index contributed by atoms with van der Waals surface area (Å²) in [5, 5.41) is 17.6. The van der Waals surface area contributed by atoms with Crippen LogP contribution < -0.4 is 9.47 Å². The van der Waals surface area contributed by atoms with Crippen LogP contribution in [0.2, 0.25) is 0 Å². The molecule has 2 aromatic rings. The molecule has 0 saturated heterocycles. The van der Waals surface area contributed by atoms with E-state index in [4.69, 9.17) is 14.9 Å². The van der Waals surface area contributed by atoms with Crippen LogP contribution in [-0.2, 0) is 5.41 Å². The van der Waals surface area contributed by atoms with Crippen LogP contribution in [0.1, 0.15) is 47.1 Å². The number of carbonyl (C=O) groups is 3. The molecule has 0 aliphatic carbocycles. The topological polar surface area (TPSA) is 110 Å². The Morgan fingerprint density at radius 1 is 0.846 bits per heavy atom. The van der Waals surface area contributed by atoms with E-state index in [9.17, 15) is 14.4 Å². The monoisotopic (exact) mass is 358 g/mol. The molecule has 0 amide bonds. The summed E-state index contributed by atoms with van der Waals surface area (Å²) in [6, 6.07) is 9.71.